The first-order valence-corrected chi connectivity index (χ1v) is 11.9. The van der Waals surface area contributed by atoms with Crippen molar-refractivity contribution < 1.29 is 13.2 Å². The summed E-state index contributed by atoms with van der Waals surface area (Å²) in [5.41, 5.74) is 4.29. The van der Waals surface area contributed by atoms with Gasteiger partial charge in [-0.25, -0.2) is 8.42 Å². The molecule has 5 nitrogen and oxygen atoms in total. The lowest BCUT2D eigenvalue weighted by Crippen LogP contribution is -2.44. The molecular weight excluding hydrogens is 408 g/mol. The summed E-state index contributed by atoms with van der Waals surface area (Å²) in [6.07, 6.45) is 1.63. The van der Waals surface area contributed by atoms with Crippen molar-refractivity contribution in [1.82, 2.24) is 5.32 Å². The minimum absolute atomic E-state index is 0.0648. The van der Waals surface area contributed by atoms with Crippen LogP contribution in [-0.4, -0.2) is 26.9 Å². The van der Waals surface area contributed by atoms with Crippen LogP contribution >= 0.6 is 0 Å². The van der Waals surface area contributed by atoms with Crippen LogP contribution in [0.15, 0.2) is 77.7 Å². The van der Waals surface area contributed by atoms with E-state index in [-0.39, 0.29) is 23.4 Å². The largest absolute Gasteiger partial charge is 0.352 e. The summed E-state index contributed by atoms with van der Waals surface area (Å²) in [6.45, 7) is 3.66. The number of carbonyl (C=O) groups is 1. The third-order valence-electron chi connectivity index (χ3n) is 5.57. The predicted octanol–water partition coefficient (Wildman–Crippen LogP) is 4.31. The Bertz CT molecular complexity index is 1210. The molecule has 3 aromatic rings. The van der Waals surface area contributed by atoms with Gasteiger partial charge in [-0.2, -0.15) is 0 Å². The molecule has 1 aliphatic rings. The molecule has 4 rings (SSSR count). The number of aryl methyl sites for hydroxylation is 2. The molecule has 0 fully saturated rings. The van der Waals surface area contributed by atoms with Crippen LogP contribution in [0.1, 0.15) is 24.5 Å². The molecular formula is C25H26N2O3S. The van der Waals surface area contributed by atoms with E-state index in [0.29, 0.717) is 11.3 Å². The maximum Gasteiger partial charge on any atom is 0.265 e. The number of sulfonamides is 1. The Balaban J connectivity index is 1.53. The Hall–Kier alpha value is -3.12. The molecule has 1 amide bonds. The van der Waals surface area contributed by atoms with E-state index in [1.54, 1.807) is 18.2 Å². The number of fused-ring (bicyclic) bond motifs is 3. The molecule has 0 bridgehead atoms. The third kappa shape index (κ3) is 4.35. The zero-order chi connectivity index (χ0) is 22.0. The summed E-state index contributed by atoms with van der Waals surface area (Å²) >= 11 is 0. The molecule has 1 heterocycles. The normalized spacial score (nSPS) is 15.0. The van der Waals surface area contributed by atoms with Gasteiger partial charge in [0.05, 0.1) is 10.6 Å². The van der Waals surface area contributed by atoms with Crippen LogP contribution in [-0.2, 0) is 21.2 Å². The Morgan fingerprint density at radius 2 is 1.68 bits per heavy atom. The molecule has 0 aliphatic carbocycles. The van der Waals surface area contributed by atoms with Crippen molar-refractivity contribution in [3.8, 4) is 11.1 Å². The molecule has 3 aromatic carbocycles. The molecule has 6 heteroatoms. The first-order valence-electron chi connectivity index (χ1n) is 10.4. The SMILES string of the molecule is Cc1ccc2c(c1)-c1ccccc1S(=O)(=O)N2CC(=O)NC(C)CCc1ccccc1. The van der Waals surface area contributed by atoms with Gasteiger partial charge >= 0.3 is 0 Å². The number of amides is 1. The molecule has 0 spiro atoms. The van der Waals surface area contributed by atoms with Crippen molar-refractivity contribution in [2.45, 2.75) is 37.6 Å². The van der Waals surface area contributed by atoms with E-state index in [1.807, 2.05) is 56.3 Å². The summed E-state index contributed by atoms with van der Waals surface area (Å²) in [4.78, 5) is 13.0. The first-order chi connectivity index (χ1) is 14.9. The molecule has 31 heavy (non-hydrogen) atoms. The lowest BCUT2D eigenvalue weighted by Gasteiger charge is -2.32. The minimum atomic E-state index is -3.82. The van der Waals surface area contributed by atoms with Gasteiger partial charge in [-0.05, 0) is 50.5 Å². The number of nitrogens with one attached hydrogen (secondary N) is 1. The van der Waals surface area contributed by atoms with Gasteiger partial charge in [-0.3, -0.25) is 9.10 Å². The highest BCUT2D eigenvalue weighted by atomic mass is 32.2. The zero-order valence-corrected chi connectivity index (χ0v) is 18.5. The number of hydrogen-bond acceptors (Lipinski definition) is 3. The van der Waals surface area contributed by atoms with Crippen molar-refractivity contribution in [2.24, 2.45) is 0 Å². The molecule has 1 unspecified atom stereocenters. The Labute approximate surface area is 183 Å². The summed E-state index contributed by atoms with van der Waals surface area (Å²) in [5, 5.41) is 2.96. The summed E-state index contributed by atoms with van der Waals surface area (Å²) in [5.74, 6) is -0.310. The van der Waals surface area contributed by atoms with Crippen LogP contribution in [0, 0.1) is 6.92 Å². The second-order valence-corrected chi connectivity index (χ2v) is 9.85. The molecule has 0 aromatic heterocycles. The fourth-order valence-corrected chi connectivity index (χ4v) is 5.62. The summed E-state index contributed by atoms with van der Waals surface area (Å²) in [7, 11) is -3.82. The zero-order valence-electron chi connectivity index (χ0n) is 17.7. The second-order valence-electron chi connectivity index (χ2n) is 8.02. The van der Waals surface area contributed by atoms with Crippen molar-refractivity contribution in [3.05, 3.63) is 83.9 Å². The van der Waals surface area contributed by atoms with E-state index >= 15 is 0 Å². The van der Waals surface area contributed by atoms with E-state index in [9.17, 15) is 13.2 Å². The van der Waals surface area contributed by atoms with Crippen LogP contribution < -0.4 is 9.62 Å². The summed E-state index contributed by atoms with van der Waals surface area (Å²) < 4.78 is 27.9. The fourth-order valence-electron chi connectivity index (χ4n) is 3.97. The van der Waals surface area contributed by atoms with Gasteiger partial charge in [-0.1, -0.05) is 60.2 Å². The molecule has 1 atom stereocenters. The highest BCUT2D eigenvalue weighted by Crippen LogP contribution is 2.43. The smallest absolute Gasteiger partial charge is 0.265 e. The standard InChI is InChI=1S/C25H26N2O3S/c1-18-12-15-23-22(16-18)21-10-6-7-11-24(21)31(29,30)27(23)17-25(28)26-19(2)13-14-20-8-4-3-5-9-20/h3-12,15-16,19H,13-14,17H2,1-2H3,(H,26,28). The van der Waals surface area contributed by atoms with Gasteiger partial charge in [0, 0.05) is 17.2 Å². The third-order valence-corrected chi connectivity index (χ3v) is 7.39. The number of rotatable bonds is 6. The van der Waals surface area contributed by atoms with E-state index in [1.165, 1.54) is 9.87 Å². The Kier molecular flexibility index (Phi) is 5.83. The van der Waals surface area contributed by atoms with Crippen LogP contribution in [0.2, 0.25) is 0 Å². The summed E-state index contributed by atoms with van der Waals surface area (Å²) in [6, 6.07) is 22.6. The van der Waals surface area contributed by atoms with E-state index in [0.717, 1.165) is 24.0 Å². The van der Waals surface area contributed by atoms with Crippen LogP contribution in [0.4, 0.5) is 5.69 Å². The van der Waals surface area contributed by atoms with Crippen LogP contribution in [0.25, 0.3) is 11.1 Å². The lowest BCUT2D eigenvalue weighted by atomic mass is 10.0. The number of carbonyl (C=O) groups excluding carboxylic acids is 1. The first kappa shape index (κ1) is 21.1. The molecule has 160 valence electrons. The molecule has 0 saturated carbocycles. The van der Waals surface area contributed by atoms with Gasteiger partial charge in [0.25, 0.3) is 10.0 Å². The number of anilines is 1. The molecule has 0 radical (unpaired) electrons. The van der Waals surface area contributed by atoms with E-state index in [2.05, 4.69) is 17.4 Å². The number of hydrogen-bond donors (Lipinski definition) is 1. The lowest BCUT2D eigenvalue weighted by molar-refractivity contribution is -0.120. The quantitative estimate of drug-likeness (QED) is 0.629. The van der Waals surface area contributed by atoms with Crippen molar-refractivity contribution in [2.75, 3.05) is 10.8 Å². The molecule has 1 N–H and O–H groups in total. The van der Waals surface area contributed by atoms with Crippen molar-refractivity contribution >= 4 is 21.6 Å². The Morgan fingerprint density at radius 1 is 0.968 bits per heavy atom. The van der Waals surface area contributed by atoms with Crippen molar-refractivity contribution in [3.63, 3.8) is 0 Å². The average Bonchev–Trinajstić information content (AvgIpc) is 2.76. The van der Waals surface area contributed by atoms with E-state index in [4.69, 9.17) is 0 Å². The number of nitrogens with zero attached hydrogens (tertiary/aromatic N) is 1. The highest BCUT2D eigenvalue weighted by Gasteiger charge is 2.35. The van der Waals surface area contributed by atoms with Gasteiger partial charge in [-0.15, -0.1) is 0 Å². The van der Waals surface area contributed by atoms with Gasteiger partial charge in [0.2, 0.25) is 5.91 Å². The van der Waals surface area contributed by atoms with Crippen molar-refractivity contribution in [1.29, 1.82) is 0 Å². The maximum atomic E-state index is 13.3. The maximum absolute atomic E-state index is 13.3. The minimum Gasteiger partial charge on any atom is -0.352 e. The molecule has 0 saturated heterocycles. The monoisotopic (exact) mass is 434 g/mol. The van der Waals surface area contributed by atoms with E-state index < -0.39 is 10.0 Å². The van der Waals surface area contributed by atoms with Gasteiger partial charge in [0.15, 0.2) is 0 Å². The predicted molar refractivity (Wildman–Crippen MR) is 124 cm³/mol. The fraction of sp³-hybridized carbons (Fsp3) is 0.240. The van der Waals surface area contributed by atoms with Gasteiger partial charge in [0.1, 0.15) is 6.54 Å². The Morgan fingerprint density at radius 3 is 2.45 bits per heavy atom. The van der Waals surface area contributed by atoms with Gasteiger partial charge < -0.3 is 5.32 Å². The van der Waals surface area contributed by atoms with Crippen LogP contribution in [0.3, 0.4) is 0 Å². The molecule has 1 aliphatic heterocycles. The highest BCUT2D eigenvalue weighted by molar-refractivity contribution is 7.93. The topological polar surface area (TPSA) is 66.5 Å². The average molecular weight is 435 g/mol. The number of benzene rings is 3. The second kappa shape index (κ2) is 8.55. The van der Waals surface area contributed by atoms with Crippen LogP contribution in [0.5, 0.6) is 0 Å².